The molecule has 0 bridgehead atoms. The molecule has 0 saturated carbocycles. The van der Waals surface area contributed by atoms with E-state index in [0.717, 1.165) is 89.4 Å². The van der Waals surface area contributed by atoms with E-state index in [9.17, 15) is 0 Å². The summed E-state index contributed by atoms with van der Waals surface area (Å²) in [5, 5.41) is 4.47. The molecule has 0 radical (unpaired) electrons. The Kier molecular flexibility index (Phi) is 11.4. The summed E-state index contributed by atoms with van der Waals surface area (Å²) in [6.45, 7) is 27.7. The van der Waals surface area contributed by atoms with Crippen LogP contribution < -0.4 is 4.90 Å². The van der Waals surface area contributed by atoms with Gasteiger partial charge in [0.05, 0.1) is 28.3 Å². The third kappa shape index (κ3) is 8.90. The molecule has 0 unspecified atom stereocenters. The number of rotatable bonds is 7. The van der Waals surface area contributed by atoms with Crippen molar-refractivity contribution in [1.82, 2.24) is 15.0 Å². The van der Waals surface area contributed by atoms with Crippen LogP contribution in [0.4, 0.5) is 17.2 Å². The fourth-order valence-electron chi connectivity index (χ4n) is 10.3. The summed E-state index contributed by atoms with van der Waals surface area (Å²) in [7, 11) is 0. The van der Waals surface area contributed by atoms with Crippen LogP contribution in [0.3, 0.4) is 0 Å². The minimum atomic E-state index is -0.134. The Balaban J connectivity index is 1.25. The summed E-state index contributed by atoms with van der Waals surface area (Å²) in [5.74, 6) is 0.774. The summed E-state index contributed by atoms with van der Waals surface area (Å²) in [5.41, 5.74) is 18.8. The molecule has 7 aromatic carbocycles. The Morgan fingerprint density at radius 1 is 0.411 bits per heavy atom. The zero-order valence-electron chi connectivity index (χ0n) is 44.5. The standard InChI is InChI=1S/C68H66N4O/c1-65(2,3)46-29-30-56-52(39-46)53-40-49(68(10,11)12)41-55(63(53)71-56)58-36-44(43-32-47(66(4,5)6)38-48(33-43)67(7,8)9)35-57(70-58)45-34-54-51-25-17-19-27-61(51)73-64(54)60(37-45)72(62-28-20-21-31-69-62)59-26-18-16-24-50(59)42-22-14-13-15-23-42/h13-41,71H,1-12H3. The van der Waals surface area contributed by atoms with E-state index in [1.807, 2.05) is 18.3 Å². The number of hydrogen-bond donors (Lipinski definition) is 1. The Morgan fingerprint density at radius 2 is 1.03 bits per heavy atom. The number of H-pyrrole nitrogens is 1. The first kappa shape index (κ1) is 47.6. The van der Waals surface area contributed by atoms with Gasteiger partial charge in [-0.05, 0) is 133 Å². The van der Waals surface area contributed by atoms with Crippen LogP contribution in [0.5, 0.6) is 0 Å². The second-order valence-electron chi connectivity index (χ2n) is 24.1. The highest BCUT2D eigenvalue weighted by Crippen LogP contribution is 2.48. The zero-order valence-corrected chi connectivity index (χ0v) is 44.5. The number of nitrogens with zero attached hydrogens (tertiary/aromatic N) is 3. The van der Waals surface area contributed by atoms with E-state index in [4.69, 9.17) is 14.4 Å². The molecule has 0 spiro atoms. The molecule has 0 fully saturated rings. The molecule has 5 nitrogen and oxygen atoms in total. The van der Waals surface area contributed by atoms with Crippen LogP contribution in [0.25, 0.3) is 88.5 Å². The second-order valence-corrected chi connectivity index (χ2v) is 24.1. The van der Waals surface area contributed by atoms with E-state index in [2.05, 4.69) is 251 Å². The maximum atomic E-state index is 6.98. The molecular formula is C68H66N4O. The summed E-state index contributed by atoms with van der Waals surface area (Å²) in [4.78, 5) is 17.1. The van der Waals surface area contributed by atoms with Gasteiger partial charge in [-0.1, -0.05) is 180 Å². The van der Waals surface area contributed by atoms with Crippen molar-refractivity contribution in [1.29, 1.82) is 0 Å². The lowest BCUT2D eigenvalue weighted by Gasteiger charge is -2.27. The van der Waals surface area contributed by atoms with Crippen molar-refractivity contribution in [2.75, 3.05) is 4.90 Å². The van der Waals surface area contributed by atoms with Crippen LogP contribution in [-0.4, -0.2) is 15.0 Å². The minimum absolute atomic E-state index is 0.00339. The predicted molar refractivity (Wildman–Crippen MR) is 310 cm³/mol. The summed E-state index contributed by atoms with van der Waals surface area (Å²) in [6, 6.07) is 61.7. The molecule has 4 heterocycles. The minimum Gasteiger partial charge on any atom is -0.454 e. The highest BCUT2D eigenvalue weighted by Gasteiger charge is 2.28. The number of aromatic nitrogens is 3. The normalized spacial score (nSPS) is 12.7. The van der Waals surface area contributed by atoms with Gasteiger partial charge >= 0.3 is 0 Å². The number of fused-ring (bicyclic) bond motifs is 6. The molecule has 5 heteroatoms. The second kappa shape index (κ2) is 17.5. The highest BCUT2D eigenvalue weighted by atomic mass is 16.3. The molecule has 0 amide bonds. The number of pyridine rings is 2. The smallest absolute Gasteiger partial charge is 0.159 e. The molecule has 0 atom stereocenters. The van der Waals surface area contributed by atoms with Gasteiger partial charge in [-0.3, -0.25) is 4.90 Å². The Labute approximate surface area is 431 Å². The molecule has 0 aliphatic rings. The molecule has 1 N–H and O–H groups in total. The van der Waals surface area contributed by atoms with Crippen molar-refractivity contribution in [3.8, 4) is 44.8 Å². The number of hydrogen-bond acceptors (Lipinski definition) is 4. The van der Waals surface area contributed by atoms with Gasteiger partial charge in [-0.15, -0.1) is 0 Å². The van der Waals surface area contributed by atoms with Crippen molar-refractivity contribution in [3.05, 3.63) is 198 Å². The number of furan rings is 1. The third-order valence-corrected chi connectivity index (χ3v) is 14.6. The van der Waals surface area contributed by atoms with Gasteiger partial charge in [-0.2, -0.15) is 0 Å². The van der Waals surface area contributed by atoms with Gasteiger partial charge in [0.25, 0.3) is 0 Å². The molecular weight excluding hydrogens is 889 g/mol. The molecule has 0 saturated heterocycles. The van der Waals surface area contributed by atoms with Crippen molar-refractivity contribution in [2.24, 2.45) is 0 Å². The first-order valence-electron chi connectivity index (χ1n) is 25.8. The molecule has 364 valence electrons. The van der Waals surface area contributed by atoms with Gasteiger partial charge in [0.15, 0.2) is 5.58 Å². The van der Waals surface area contributed by atoms with Crippen molar-refractivity contribution < 1.29 is 4.42 Å². The Bertz CT molecular complexity index is 3850. The van der Waals surface area contributed by atoms with Crippen LogP contribution in [0.2, 0.25) is 0 Å². The van der Waals surface area contributed by atoms with E-state index in [1.165, 1.54) is 38.6 Å². The number of benzene rings is 7. The molecule has 11 rings (SSSR count). The summed E-state index contributed by atoms with van der Waals surface area (Å²) in [6.07, 6.45) is 1.86. The van der Waals surface area contributed by atoms with E-state index < -0.39 is 0 Å². The molecule has 0 aliphatic carbocycles. The lowest BCUT2D eigenvalue weighted by Crippen LogP contribution is -2.16. The maximum Gasteiger partial charge on any atom is 0.159 e. The Morgan fingerprint density at radius 3 is 1.73 bits per heavy atom. The van der Waals surface area contributed by atoms with Gasteiger partial charge < -0.3 is 9.40 Å². The first-order valence-corrected chi connectivity index (χ1v) is 25.8. The van der Waals surface area contributed by atoms with Crippen LogP contribution in [0.1, 0.15) is 105 Å². The van der Waals surface area contributed by atoms with Crippen molar-refractivity contribution in [3.63, 3.8) is 0 Å². The van der Waals surface area contributed by atoms with Crippen LogP contribution >= 0.6 is 0 Å². The van der Waals surface area contributed by atoms with Gasteiger partial charge in [-0.25, -0.2) is 9.97 Å². The number of para-hydroxylation sites is 2. The fourth-order valence-corrected chi connectivity index (χ4v) is 10.3. The average molecular weight is 955 g/mol. The average Bonchev–Trinajstić information content (AvgIpc) is 3.94. The van der Waals surface area contributed by atoms with Crippen molar-refractivity contribution >= 4 is 60.9 Å². The van der Waals surface area contributed by atoms with Crippen LogP contribution in [0.15, 0.2) is 180 Å². The number of aromatic amines is 1. The lowest BCUT2D eigenvalue weighted by molar-refractivity contribution is 0.569. The van der Waals surface area contributed by atoms with Crippen LogP contribution in [0, 0.1) is 0 Å². The summed E-state index contributed by atoms with van der Waals surface area (Å²) < 4.78 is 6.98. The molecule has 0 aliphatic heterocycles. The van der Waals surface area contributed by atoms with E-state index in [1.54, 1.807) is 0 Å². The van der Waals surface area contributed by atoms with Gasteiger partial charge in [0.1, 0.15) is 11.4 Å². The largest absolute Gasteiger partial charge is 0.454 e. The van der Waals surface area contributed by atoms with E-state index >= 15 is 0 Å². The van der Waals surface area contributed by atoms with Crippen molar-refractivity contribution in [2.45, 2.75) is 105 Å². The van der Waals surface area contributed by atoms with Gasteiger partial charge in [0.2, 0.25) is 0 Å². The molecule has 4 aromatic heterocycles. The number of anilines is 3. The van der Waals surface area contributed by atoms with E-state index in [0.29, 0.717) is 0 Å². The van der Waals surface area contributed by atoms with Gasteiger partial charge in [0, 0.05) is 49.9 Å². The first-order chi connectivity index (χ1) is 34.7. The quantitative estimate of drug-likeness (QED) is 0.173. The van der Waals surface area contributed by atoms with E-state index in [-0.39, 0.29) is 21.7 Å². The highest BCUT2D eigenvalue weighted by molar-refractivity contribution is 6.14. The number of nitrogens with one attached hydrogen (secondary N) is 1. The van der Waals surface area contributed by atoms with Crippen LogP contribution in [-0.2, 0) is 21.7 Å². The lowest BCUT2D eigenvalue weighted by atomic mass is 9.79. The third-order valence-electron chi connectivity index (χ3n) is 14.6. The maximum absolute atomic E-state index is 6.98. The topological polar surface area (TPSA) is 58.0 Å². The zero-order chi connectivity index (χ0) is 51.2. The fraction of sp³-hybridized carbons (Fsp3) is 0.235. The molecule has 11 aromatic rings. The Hall–Kier alpha value is -7.76. The SMILES string of the molecule is CC(C)(C)c1cc(-c2cc(-c3cc(N(c4ccccn4)c4ccccc4-c4ccccc4)c4oc5ccccc5c4c3)nc(-c3cc(C(C)(C)C)cc4c3[nH]c3ccc(C(C)(C)C)cc34)c2)cc(C(C)(C)C)c1. The monoisotopic (exact) mass is 955 g/mol. The molecule has 73 heavy (non-hydrogen) atoms. The predicted octanol–water partition coefficient (Wildman–Crippen LogP) is 19.3. The summed E-state index contributed by atoms with van der Waals surface area (Å²) >= 11 is 0.